The zero-order chi connectivity index (χ0) is 9.30. The first-order valence-electron chi connectivity index (χ1n) is 3.98. The average Bonchev–Trinajstić information content (AvgIpc) is 1.96. The lowest BCUT2D eigenvalue weighted by molar-refractivity contribution is 0.570. The Morgan fingerprint density at radius 2 is 1.75 bits per heavy atom. The van der Waals surface area contributed by atoms with Crippen molar-refractivity contribution in [2.75, 3.05) is 0 Å². The van der Waals surface area contributed by atoms with Gasteiger partial charge in [-0.3, -0.25) is 0 Å². The predicted octanol–water partition coefficient (Wildman–Crippen LogP) is 3.40. The first-order chi connectivity index (χ1) is 5.52. The fourth-order valence-corrected chi connectivity index (χ4v) is 1.27. The highest BCUT2D eigenvalue weighted by atomic mass is 19.1. The van der Waals surface area contributed by atoms with Gasteiger partial charge < -0.3 is 0 Å². The Bertz CT molecular complexity index is 290. The third kappa shape index (κ3) is 1.63. The molecule has 12 heavy (non-hydrogen) atoms. The molecule has 1 aromatic carbocycles. The molecule has 0 fully saturated rings. The summed E-state index contributed by atoms with van der Waals surface area (Å²) in [6, 6.07) is 2.31. The van der Waals surface area contributed by atoms with E-state index in [9.17, 15) is 8.78 Å². The summed E-state index contributed by atoms with van der Waals surface area (Å²) < 4.78 is 25.7. The van der Waals surface area contributed by atoms with Gasteiger partial charge in [0.25, 0.3) is 0 Å². The van der Waals surface area contributed by atoms with Crippen molar-refractivity contribution in [3.8, 4) is 0 Å². The molecule has 0 radical (unpaired) electrons. The molecule has 66 valence electrons. The van der Waals surface area contributed by atoms with Gasteiger partial charge in [0.15, 0.2) is 0 Å². The summed E-state index contributed by atoms with van der Waals surface area (Å²) in [4.78, 5) is 0. The molecule has 0 aromatic heterocycles. The Labute approximate surface area is 71.2 Å². The van der Waals surface area contributed by atoms with Crippen LogP contribution in [0.25, 0.3) is 0 Å². The normalized spacial score (nSPS) is 10.8. The van der Waals surface area contributed by atoms with Gasteiger partial charge in [0, 0.05) is 6.07 Å². The van der Waals surface area contributed by atoms with Crippen LogP contribution in [0.3, 0.4) is 0 Å². The van der Waals surface area contributed by atoms with Gasteiger partial charge in [0.05, 0.1) is 0 Å². The minimum absolute atomic E-state index is 0.162. The molecule has 0 amide bonds. The molecule has 0 aliphatic rings. The first-order valence-corrected chi connectivity index (χ1v) is 3.98. The molecule has 0 saturated carbocycles. The van der Waals surface area contributed by atoms with Crippen LogP contribution in [-0.2, 0) is 0 Å². The van der Waals surface area contributed by atoms with E-state index in [1.807, 2.05) is 13.8 Å². The second-order valence-corrected chi connectivity index (χ2v) is 3.26. The van der Waals surface area contributed by atoms with Crippen LogP contribution in [0.2, 0.25) is 0 Å². The highest BCUT2D eigenvalue weighted by Gasteiger charge is 2.09. The van der Waals surface area contributed by atoms with Crippen LogP contribution in [0.1, 0.15) is 30.9 Å². The molecule has 0 saturated heterocycles. The van der Waals surface area contributed by atoms with Crippen LogP contribution < -0.4 is 0 Å². The summed E-state index contributed by atoms with van der Waals surface area (Å²) in [5.74, 6) is -0.796. The quantitative estimate of drug-likeness (QED) is 0.606. The first kappa shape index (κ1) is 9.17. The molecule has 1 aromatic rings. The minimum atomic E-state index is -0.498. The van der Waals surface area contributed by atoms with Gasteiger partial charge in [-0.15, -0.1) is 0 Å². The third-order valence-electron chi connectivity index (χ3n) is 1.97. The van der Waals surface area contributed by atoms with Crippen molar-refractivity contribution >= 4 is 0 Å². The fraction of sp³-hybridized carbons (Fsp3) is 0.400. The number of halogens is 2. The maximum absolute atomic E-state index is 13.0. The lowest BCUT2D eigenvalue weighted by Gasteiger charge is -2.09. The van der Waals surface area contributed by atoms with E-state index >= 15 is 0 Å². The van der Waals surface area contributed by atoms with Crippen LogP contribution in [0.15, 0.2) is 12.1 Å². The molecule has 0 unspecified atom stereocenters. The highest BCUT2D eigenvalue weighted by molar-refractivity contribution is 5.30. The van der Waals surface area contributed by atoms with Gasteiger partial charge >= 0.3 is 0 Å². The monoisotopic (exact) mass is 170 g/mol. The standard InChI is InChI=1S/C10H12F2/c1-6(2)9-4-8(11)5-10(12)7(9)3/h4-6H,1-3H3. The van der Waals surface area contributed by atoms with E-state index < -0.39 is 11.6 Å². The zero-order valence-electron chi connectivity index (χ0n) is 7.49. The molecule has 2 heteroatoms. The topological polar surface area (TPSA) is 0 Å². The van der Waals surface area contributed by atoms with Gasteiger partial charge in [-0.1, -0.05) is 13.8 Å². The molecule has 0 heterocycles. The van der Waals surface area contributed by atoms with Gasteiger partial charge in [-0.25, -0.2) is 8.78 Å². The van der Waals surface area contributed by atoms with Crippen LogP contribution >= 0.6 is 0 Å². The molecule has 1 rings (SSSR count). The number of rotatable bonds is 1. The Morgan fingerprint density at radius 1 is 1.17 bits per heavy atom. The summed E-state index contributed by atoms with van der Waals surface area (Å²) in [5, 5.41) is 0. The third-order valence-corrected chi connectivity index (χ3v) is 1.97. The van der Waals surface area contributed by atoms with E-state index in [1.165, 1.54) is 6.07 Å². The van der Waals surface area contributed by atoms with Gasteiger partial charge in [-0.05, 0) is 30.0 Å². The molecular weight excluding hydrogens is 158 g/mol. The van der Waals surface area contributed by atoms with E-state index in [2.05, 4.69) is 0 Å². The Hall–Kier alpha value is -0.920. The average molecular weight is 170 g/mol. The van der Waals surface area contributed by atoms with E-state index in [0.29, 0.717) is 5.56 Å². The molecule has 0 nitrogen and oxygen atoms in total. The molecular formula is C10H12F2. The van der Waals surface area contributed by atoms with Crippen molar-refractivity contribution in [1.82, 2.24) is 0 Å². The van der Waals surface area contributed by atoms with E-state index in [4.69, 9.17) is 0 Å². The summed E-state index contributed by atoms with van der Waals surface area (Å²) in [5.41, 5.74) is 1.29. The van der Waals surface area contributed by atoms with Gasteiger partial charge in [0.2, 0.25) is 0 Å². The van der Waals surface area contributed by atoms with Crippen molar-refractivity contribution < 1.29 is 8.78 Å². The van der Waals surface area contributed by atoms with Crippen LogP contribution in [0, 0.1) is 18.6 Å². The molecule has 0 bridgehead atoms. The summed E-state index contributed by atoms with van der Waals surface area (Å²) in [6.07, 6.45) is 0. The van der Waals surface area contributed by atoms with Crippen LogP contribution in [0.5, 0.6) is 0 Å². The molecule has 0 aliphatic carbocycles. The van der Waals surface area contributed by atoms with Crippen molar-refractivity contribution in [2.24, 2.45) is 0 Å². The number of hydrogen-bond donors (Lipinski definition) is 0. The molecule has 0 spiro atoms. The highest BCUT2D eigenvalue weighted by Crippen LogP contribution is 2.22. The van der Waals surface area contributed by atoms with Crippen molar-refractivity contribution in [2.45, 2.75) is 26.7 Å². The Morgan fingerprint density at radius 3 is 2.25 bits per heavy atom. The van der Waals surface area contributed by atoms with Crippen molar-refractivity contribution in [1.29, 1.82) is 0 Å². The molecule has 0 N–H and O–H groups in total. The summed E-state index contributed by atoms with van der Waals surface area (Å²) >= 11 is 0. The van der Waals surface area contributed by atoms with E-state index in [0.717, 1.165) is 11.6 Å². The van der Waals surface area contributed by atoms with Gasteiger partial charge in [0.1, 0.15) is 11.6 Å². The summed E-state index contributed by atoms with van der Waals surface area (Å²) in [6.45, 7) is 5.51. The molecule has 0 atom stereocenters. The van der Waals surface area contributed by atoms with Gasteiger partial charge in [-0.2, -0.15) is 0 Å². The maximum Gasteiger partial charge on any atom is 0.129 e. The smallest absolute Gasteiger partial charge is 0.129 e. The lowest BCUT2D eigenvalue weighted by Crippen LogP contribution is -1.96. The maximum atomic E-state index is 13.0. The predicted molar refractivity (Wildman–Crippen MR) is 45.2 cm³/mol. The van der Waals surface area contributed by atoms with Crippen molar-refractivity contribution in [3.63, 3.8) is 0 Å². The van der Waals surface area contributed by atoms with E-state index in [-0.39, 0.29) is 5.92 Å². The lowest BCUT2D eigenvalue weighted by atomic mass is 9.98. The van der Waals surface area contributed by atoms with E-state index in [1.54, 1.807) is 6.92 Å². The zero-order valence-corrected chi connectivity index (χ0v) is 7.49. The Balaban J connectivity index is 3.28. The number of hydrogen-bond acceptors (Lipinski definition) is 0. The van der Waals surface area contributed by atoms with Crippen LogP contribution in [-0.4, -0.2) is 0 Å². The fourth-order valence-electron chi connectivity index (χ4n) is 1.27. The molecule has 0 aliphatic heterocycles. The number of benzene rings is 1. The largest absolute Gasteiger partial charge is 0.207 e. The Kier molecular flexibility index (Phi) is 2.46. The summed E-state index contributed by atoms with van der Waals surface area (Å²) in [7, 11) is 0. The van der Waals surface area contributed by atoms with Crippen molar-refractivity contribution in [3.05, 3.63) is 34.9 Å². The SMILES string of the molecule is Cc1c(F)cc(F)cc1C(C)C. The minimum Gasteiger partial charge on any atom is -0.207 e. The van der Waals surface area contributed by atoms with Crippen LogP contribution in [0.4, 0.5) is 8.78 Å². The second kappa shape index (κ2) is 3.21. The second-order valence-electron chi connectivity index (χ2n) is 3.26.